The smallest absolute Gasteiger partial charge is 0.313 e. The molecule has 1 heterocycles. The number of carbonyl (C=O) groups is 1. The largest absolute Gasteiger partial charge is 0.462 e. The minimum Gasteiger partial charge on any atom is -0.462 e. The molecule has 0 aromatic heterocycles. The zero-order chi connectivity index (χ0) is 12.8. The second-order valence-electron chi connectivity index (χ2n) is 7.49. The Hall–Kier alpha value is -0.530. The molecular weight excluding hydrogens is 200 g/mol. The Bertz CT molecular complexity index is 280. The molecule has 1 unspecified atom stereocenters. The van der Waals surface area contributed by atoms with Crippen LogP contribution in [0.25, 0.3) is 0 Å². The molecule has 0 aromatic carbocycles. The first-order valence-electron chi connectivity index (χ1n) is 6.19. The monoisotopic (exact) mass is 226 g/mol. The fourth-order valence-corrected chi connectivity index (χ4v) is 2.84. The summed E-state index contributed by atoms with van der Waals surface area (Å²) >= 11 is 0. The Morgan fingerprint density at radius 2 is 1.75 bits per heavy atom. The summed E-state index contributed by atoms with van der Waals surface area (Å²) in [6.45, 7) is 15.0. The van der Waals surface area contributed by atoms with E-state index in [0.29, 0.717) is 0 Å². The van der Waals surface area contributed by atoms with Crippen LogP contribution in [0.2, 0.25) is 0 Å². The van der Waals surface area contributed by atoms with E-state index in [1.165, 1.54) is 0 Å². The van der Waals surface area contributed by atoms with E-state index in [-0.39, 0.29) is 28.3 Å². The summed E-state index contributed by atoms with van der Waals surface area (Å²) in [7, 11) is 0. The molecule has 16 heavy (non-hydrogen) atoms. The maximum Gasteiger partial charge on any atom is 0.313 e. The van der Waals surface area contributed by atoms with Crippen molar-refractivity contribution in [1.82, 2.24) is 0 Å². The first-order valence-corrected chi connectivity index (χ1v) is 6.19. The Labute approximate surface area is 99.8 Å². The van der Waals surface area contributed by atoms with Gasteiger partial charge in [0.15, 0.2) is 0 Å². The summed E-state index contributed by atoms with van der Waals surface area (Å²) in [5.41, 5.74) is -0.205. The van der Waals surface area contributed by atoms with Crippen LogP contribution < -0.4 is 0 Å². The van der Waals surface area contributed by atoms with Gasteiger partial charge in [-0.15, -0.1) is 0 Å². The van der Waals surface area contributed by atoms with Gasteiger partial charge in [-0.1, -0.05) is 41.5 Å². The standard InChI is InChI=1S/C14H26O2/c1-10-8-14(11(15)16-10,13(5,6)7)9-12(2,3)4/h10H,8-9H2,1-7H3/t10-,14?/m0/s1. The van der Waals surface area contributed by atoms with Gasteiger partial charge in [0.1, 0.15) is 6.10 Å². The normalized spacial score (nSPS) is 31.7. The third kappa shape index (κ3) is 2.41. The molecule has 2 atom stereocenters. The SMILES string of the molecule is C[C@H]1CC(CC(C)(C)C)(C(C)(C)C)C(=O)O1. The molecule has 1 fully saturated rings. The van der Waals surface area contributed by atoms with Gasteiger partial charge in [-0.25, -0.2) is 0 Å². The first kappa shape index (κ1) is 13.5. The average molecular weight is 226 g/mol. The molecular formula is C14H26O2. The summed E-state index contributed by atoms with van der Waals surface area (Å²) in [5, 5.41) is 0. The molecule has 0 aliphatic carbocycles. The number of ether oxygens (including phenoxy) is 1. The Morgan fingerprint density at radius 3 is 2.00 bits per heavy atom. The molecule has 2 heteroatoms. The molecule has 0 N–H and O–H groups in total. The van der Waals surface area contributed by atoms with Crippen LogP contribution in [0.4, 0.5) is 0 Å². The van der Waals surface area contributed by atoms with E-state index in [2.05, 4.69) is 41.5 Å². The highest BCUT2D eigenvalue weighted by Gasteiger charge is 2.56. The van der Waals surface area contributed by atoms with Crippen LogP contribution in [0.1, 0.15) is 61.3 Å². The highest BCUT2D eigenvalue weighted by molar-refractivity contribution is 5.80. The molecule has 1 saturated heterocycles. The van der Waals surface area contributed by atoms with Crippen molar-refractivity contribution in [1.29, 1.82) is 0 Å². The number of cyclic esters (lactones) is 1. The Balaban J connectivity index is 3.09. The van der Waals surface area contributed by atoms with Gasteiger partial charge < -0.3 is 4.74 Å². The predicted molar refractivity (Wildman–Crippen MR) is 66.1 cm³/mol. The van der Waals surface area contributed by atoms with Crippen LogP contribution >= 0.6 is 0 Å². The average Bonchev–Trinajstić information content (AvgIpc) is 2.22. The number of hydrogen-bond donors (Lipinski definition) is 0. The Kier molecular flexibility index (Phi) is 3.17. The lowest BCUT2D eigenvalue weighted by Crippen LogP contribution is -2.42. The summed E-state index contributed by atoms with van der Waals surface area (Å²) in [6, 6.07) is 0. The Morgan fingerprint density at radius 1 is 1.25 bits per heavy atom. The van der Waals surface area contributed by atoms with Gasteiger partial charge in [0.25, 0.3) is 0 Å². The summed E-state index contributed by atoms with van der Waals surface area (Å²) < 4.78 is 5.41. The van der Waals surface area contributed by atoms with Crippen molar-refractivity contribution in [2.75, 3.05) is 0 Å². The van der Waals surface area contributed by atoms with Gasteiger partial charge in [0.2, 0.25) is 0 Å². The van der Waals surface area contributed by atoms with E-state index < -0.39 is 0 Å². The molecule has 94 valence electrons. The van der Waals surface area contributed by atoms with E-state index in [1.54, 1.807) is 0 Å². The van der Waals surface area contributed by atoms with Gasteiger partial charge in [-0.05, 0) is 24.2 Å². The molecule has 0 spiro atoms. The van der Waals surface area contributed by atoms with Crippen LogP contribution in [-0.4, -0.2) is 12.1 Å². The van der Waals surface area contributed by atoms with E-state index in [0.717, 1.165) is 12.8 Å². The van der Waals surface area contributed by atoms with Crippen molar-refractivity contribution < 1.29 is 9.53 Å². The topological polar surface area (TPSA) is 26.3 Å². The van der Waals surface area contributed by atoms with E-state index in [1.807, 2.05) is 6.92 Å². The van der Waals surface area contributed by atoms with Crippen LogP contribution in [0.15, 0.2) is 0 Å². The van der Waals surface area contributed by atoms with Crippen LogP contribution in [0.5, 0.6) is 0 Å². The number of rotatable bonds is 1. The fourth-order valence-electron chi connectivity index (χ4n) is 2.84. The van der Waals surface area contributed by atoms with Crippen molar-refractivity contribution in [2.45, 2.75) is 67.4 Å². The van der Waals surface area contributed by atoms with Crippen LogP contribution in [0, 0.1) is 16.2 Å². The molecule has 2 nitrogen and oxygen atoms in total. The lowest BCUT2D eigenvalue weighted by Gasteiger charge is -2.42. The van der Waals surface area contributed by atoms with Crippen molar-refractivity contribution in [3.63, 3.8) is 0 Å². The zero-order valence-electron chi connectivity index (χ0n) is 11.8. The molecule has 0 bridgehead atoms. The molecule has 0 saturated carbocycles. The van der Waals surface area contributed by atoms with Gasteiger partial charge in [0, 0.05) is 6.42 Å². The van der Waals surface area contributed by atoms with Crippen LogP contribution in [0.3, 0.4) is 0 Å². The van der Waals surface area contributed by atoms with Crippen LogP contribution in [-0.2, 0) is 9.53 Å². The van der Waals surface area contributed by atoms with Crippen molar-refractivity contribution in [3.8, 4) is 0 Å². The van der Waals surface area contributed by atoms with E-state index >= 15 is 0 Å². The van der Waals surface area contributed by atoms with Gasteiger partial charge >= 0.3 is 5.97 Å². The zero-order valence-corrected chi connectivity index (χ0v) is 11.8. The number of carbonyl (C=O) groups excluding carboxylic acids is 1. The quantitative estimate of drug-likeness (QED) is 0.636. The lowest BCUT2D eigenvalue weighted by molar-refractivity contribution is -0.155. The summed E-state index contributed by atoms with van der Waals surface area (Å²) in [5.74, 6) is 0.00225. The lowest BCUT2D eigenvalue weighted by atomic mass is 9.59. The molecule has 1 aliphatic heterocycles. The van der Waals surface area contributed by atoms with Crippen molar-refractivity contribution in [2.24, 2.45) is 16.2 Å². The third-order valence-corrected chi connectivity index (χ3v) is 3.60. The van der Waals surface area contributed by atoms with Crippen molar-refractivity contribution >= 4 is 5.97 Å². The molecule has 1 aliphatic rings. The maximum atomic E-state index is 12.2. The summed E-state index contributed by atoms with van der Waals surface area (Å²) in [6.07, 6.45) is 1.81. The highest BCUT2D eigenvalue weighted by atomic mass is 16.6. The third-order valence-electron chi connectivity index (χ3n) is 3.60. The molecule has 1 rings (SSSR count). The minimum absolute atomic E-state index is 0.00225. The fraction of sp³-hybridized carbons (Fsp3) is 0.929. The molecule has 0 aromatic rings. The number of hydrogen-bond acceptors (Lipinski definition) is 2. The second-order valence-corrected chi connectivity index (χ2v) is 7.49. The van der Waals surface area contributed by atoms with Gasteiger partial charge in [-0.2, -0.15) is 0 Å². The van der Waals surface area contributed by atoms with E-state index in [4.69, 9.17) is 4.74 Å². The highest BCUT2D eigenvalue weighted by Crippen LogP contribution is 2.54. The summed E-state index contributed by atoms with van der Waals surface area (Å²) in [4.78, 5) is 12.2. The maximum absolute atomic E-state index is 12.2. The van der Waals surface area contributed by atoms with Crippen molar-refractivity contribution in [3.05, 3.63) is 0 Å². The molecule has 0 amide bonds. The van der Waals surface area contributed by atoms with Gasteiger partial charge in [0.05, 0.1) is 5.41 Å². The van der Waals surface area contributed by atoms with Gasteiger partial charge in [-0.3, -0.25) is 4.79 Å². The molecule has 0 radical (unpaired) electrons. The van der Waals surface area contributed by atoms with E-state index in [9.17, 15) is 4.79 Å². The minimum atomic E-state index is -0.315. The number of esters is 1. The predicted octanol–water partition coefficient (Wildman–Crippen LogP) is 3.79. The second kappa shape index (κ2) is 3.75. The first-order chi connectivity index (χ1) is 6.98.